The minimum absolute atomic E-state index is 0.147. The number of rotatable bonds is 4. The zero-order valence-electron chi connectivity index (χ0n) is 10.7. The number of nitro benzene ring substituents is 1. The van der Waals surface area contributed by atoms with Crippen molar-refractivity contribution in [3.05, 3.63) is 58.4 Å². The summed E-state index contributed by atoms with van der Waals surface area (Å²) in [6, 6.07) is 7.69. The van der Waals surface area contributed by atoms with E-state index in [-0.39, 0.29) is 16.9 Å². The topological polar surface area (TPSA) is 97.2 Å². The molecule has 7 heteroatoms. The number of anilines is 2. The number of carbonyl (C=O) groups excluding carboxylic acids is 1. The van der Waals surface area contributed by atoms with E-state index in [1.807, 2.05) is 0 Å². The van der Waals surface area contributed by atoms with Crippen LogP contribution in [0.4, 0.5) is 17.1 Å². The third-order valence-corrected chi connectivity index (χ3v) is 2.65. The number of carbonyl (C=O) groups is 1. The molecule has 2 N–H and O–H groups in total. The summed E-state index contributed by atoms with van der Waals surface area (Å²) in [5.41, 5.74) is 0.752. The predicted molar refractivity (Wildman–Crippen MR) is 74.8 cm³/mol. The molecule has 7 nitrogen and oxygen atoms in total. The minimum atomic E-state index is -0.535. The van der Waals surface area contributed by atoms with Gasteiger partial charge in [0.05, 0.1) is 22.4 Å². The van der Waals surface area contributed by atoms with Gasteiger partial charge in [0.1, 0.15) is 5.69 Å². The average molecular weight is 272 g/mol. The van der Waals surface area contributed by atoms with Crippen molar-refractivity contribution in [3.63, 3.8) is 0 Å². The van der Waals surface area contributed by atoms with Gasteiger partial charge in [-0.25, -0.2) is 0 Å². The van der Waals surface area contributed by atoms with Crippen molar-refractivity contribution in [2.75, 3.05) is 17.7 Å². The second-order valence-electron chi connectivity index (χ2n) is 3.90. The maximum atomic E-state index is 12.2. The molecule has 1 heterocycles. The molecule has 0 radical (unpaired) electrons. The summed E-state index contributed by atoms with van der Waals surface area (Å²) in [6.07, 6.45) is 3.08. The molecular formula is C13H12N4O3. The van der Waals surface area contributed by atoms with Crippen LogP contribution in [0.15, 0.2) is 42.7 Å². The van der Waals surface area contributed by atoms with Crippen LogP contribution >= 0.6 is 0 Å². The molecule has 0 unspecified atom stereocenters. The van der Waals surface area contributed by atoms with Gasteiger partial charge in [-0.3, -0.25) is 19.9 Å². The van der Waals surface area contributed by atoms with Crippen LogP contribution in [0.2, 0.25) is 0 Å². The Morgan fingerprint density at radius 3 is 2.70 bits per heavy atom. The molecule has 1 amide bonds. The monoisotopic (exact) mass is 272 g/mol. The van der Waals surface area contributed by atoms with Gasteiger partial charge in [0.15, 0.2) is 0 Å². The molecule has 0 aliphatic carbocycles. The molecule has 0 fully saturated rings. The summed E-state index contributed by atoms with van der Waals surface area (Å²) in [4.78, 5) is 26.5. The third-order valence-electron chi connectivity index (χ3n) is 2.65. The average Bonchev–Trinajstić information content (AvgIpc) is 2.47. The summed E-state index contributed by atoms with van der Waals surface area (Å²) in [5, 5.41) is 16.3. The maximum absolute atomic E-state index is 12.2. The van der Waals surface area contributed by atoms with E-state index in [2.05, 4.69) is 15.6 Å². The van der Waals surface area contributed by atoms with Crippen molar-refractivity contribution in [1.29, 1.82) is 0 Å². The Morgan fingerprint density at radius 1 is 1.30 bits per heavy atom. The number of nitro groups is 1. The lowest BCUT2D eigenvalue weighted by atomic mass is 10.1. The Labute approximate surface area is 114 Å². The van der Waals surface area contributed by atoms with Crippen molar-refractivity contribution in [3.8, 4) is 0 Å². The molecule has 102 valence electrons. The molecule has 20 heavy (non-hydrogen) atoms. The number of aromatic nitrogens is 1. The van der Waals surface area contributed by atoms with Gasteiger partial charge >= 0.3 is 0 Å². The molecule has 2 rings (SSSR count). The molecule has 0 bridgehead atoms. The van der Waals surface area contributed by atoms with Crippen LogP contribution in [-0.2, 0) is 0 Å². The standard InChI is InChI=1S/C13H12N4O3/c1-14-12-10(5-2-6-11(12)17(19)20)13(18)16-9-4-3-7-15-8-9/h2-8,14H,1H3,(H,16,18). The van der Waals surface area contributed by atoms with E-state index < -0.39 is 10.8 Å². The third kappa shape index (κ3) is 2.72. The van der Waals surface area contributed by atoms with Gasteiger partial charge in [-0.15, -0.1) is 0 Å². The highest BCUT2D eigenvalue weighted by Gasteiger charge is 2.20. The maximum Gasteiger partial charge on any atom is 0.293 e. The van der Waals surface area contributed by atoms with Gasteiger partial charge < -0.3 is 10.6 Å². The van der Waals surface area contributed by atoms with Gasteiger partial charge in [0.2, 0.25) is 0 Å². The van der Waals surface area contributed by atoms with Crippen LogP contribution < -0.4 is 10.6 Å². The summed E-state index contributed by atoms with van der Waals surface area (Å²) in [7, 11) is 1.53. The Kier molecular flexibility index (Phi) is 3.90. The molecule has 0 spiro atoms. The highest BCUT2D eigenvalue weighted by Crippen LogP contribution is 2.28. The normalized spacial score (nSPS) is 9.85. The molecule has 0 aliphatic heterocycles. The summed E-state index contributed by atoms with van der Waals surface area (Å²) in [6.45, 7) is 0. The van der Waals surface area contributed by atoms with Gasteiger partial charge in [0, 0.05) is 19.3 Å². The van der Waals surface area contributed by atoms with E-state index in [4.69, 9.17) is 0 Å². The minimum Gasteiger partial charge on any atom is -0.382 e. The number of hydrogen-bond donors (Lipinski definition) is 2. The van der Waals surface area contributed by atoms with Crippen molar-refractivity contribution in [1.82, 2.24) is 4.98 Å². The first-order valence-corrected chi connectivity index (χ1v) is 5.80. The Hall–Kier alpha value is -2.96. The Morgan fingerprint density at radius 2 is 2.10 bits per heavy atom. The molecule has 0 aliphatic rings. The number of amides is 1. The fourth-order valence-electron chi connectivity index (χ4n) is 1.78. The first kappa shape index (κ1) is 13.5. The molecule has 0 atom stereocenters. The van der Waals surface area contributed by atoms with Crippen molar-refractivity contribution >= 4 is 23.0 Å². The fourth-order valence-corrected chi connectivity index (χ4v) is 1.78. The fraction of sp³-hybridized carbons (Fsp3) is 0.0769. The number of pyridine rings is 1. The molecule has 1 aromatic heterocycles. The van der Waals surface area contributed by atoms with Gasteiger partial charge in [-0.1, -0.05) is 6.07 Å². The highest BCUT2D eigenvalue weighted by molar-refractivity contribution is 6.09. The van der Waals surface area contributed by atoms with Crippen LogP contribution in [0, 0.1) is 10.1 Å². The van der Waals surface area contributed by atoms with E-state index in [0.29, 0.717) is 5.69 Å². The predicted octanol–water partition coefficient (Wildman–Crippen LogP) is 2.28. The van der Waals surface area contributed by atoms with Crippen molar-refractivity contribution < 1.29 is 9.72 Å². The number of nitrogens with one attached hydrogen (secondary N) is 2. The number of hydrogen-bond acceptors (Lipinski definition) is 5. The summed E-state index contributed by atoms with van der Waals surface area (Å²) < 4.78 is 0. The zero-order chi connectivity index (χ0) is 14.5. The van der Waals surface area contributed by atoms with E-state index in [9.17, 15) is 14.9 Å². The second kappa shape index (κ2) is 5.79. The van der Waals surface area contributed by atoms with Gasteiger partial charge in [0.25, 0.3) is 11.6 Å². The van der Waals surface area contributed by atoms with Crippen LogP contribution in [0.25, 0.3) is 0 Å². The SMILES string of the molecule is CNc1c(C(=O)Nc2cccnc2)cccc1[N+](=O)[O-]. The van der Waals surface area contributed by atoms with E-state index in [1.54, 1.807) is 18.3 Å². The van der Waals surface area contributed by atoms with Gasteiger partial charge in [-0.2, -0.15) is 0 Å². The molecular weight excluding hydrogens is 260 g/mol. The van der Waals surface area contributed by atoms with E-state index in [0.717, 1.165) is 0 Å². The van der Waals surface area contributed by atoms with Gasteiger partial charge in [-0.05, 0) is 18.2 Å². The lowest BCUT2D eigenvalue weighted by Gasteiger charge is -2.09. The number of nitrogens with zero attached hydrogens (tertiary/aromatic N) is 2. The van der Waals surface area contributed by atoms with Crippen LogP contribution in [0.3, 0.4) is 0 Å². The number of benzene rings is 1. The Balaban J connectivity index is 2.35. The molecule has 0 saturated heterocycles. The van der Waals surface area contributed by atoms with E-state index >= 15 is 0 Å². The lowest BCUT2D eigenvalue weighted by Crippen LogP contribution is -2.15. The summed E-state index contributed by atoms with van der Waals surface area (Å²) in [5.74, 6) is -0.439. The first-order valence-electron chi connectivity index (χ1n) is 5.80. The van der Waals surface area contributed by atoms with Crippen LogP contribution in [-0.4, -0.2) is 22.9 Å². The first-order chi connectivity index (χ1) is 9.63. The summed E-state index contributed by atoms with van der Waals surface area (Å²) >= 11 is 0. The second-order valence-corrected chi connectivity index (χ2v) is 3.90. The molecule has 2 aromatic rings. The number of para-hydroxylation sites is 1. The highest BCUT2D eigenvalue weighted by atomic mass is 16.6. The largest absolute Gasteiger partial charge is 0.382 e. The Bertz CT molecular complexity index is 643. The molecule has 1 aromatic carbocycles. The van der Waals surface area contributed by atoms with Crippen LogP contribution in [0.1, 0.15) is 10.4 Å². The lowest BCUT2D eigenvalue weighted by molar-refractivity contribution is -0.384. The smallest absolute Gasteiger partial charge is 0.293 e. The quantitative estimate of drug-likeness (QED) is 0.657. The van der Waals surface area contributed by atoms with Crippen molar-refractivity contribution in [2.24, 2.45) is 0 Å². The van der Waals surface area contributed by atoms with E-state index in [1.165, 1.54) is 31.4 Å². The zero-order valence-corrected chi connectivity index (χ0v) is 10.7. The van der Waals surface area contributed by atoms with Crippen molar-refractivity contribution in [2.45, 2.75) is 0 Å². The molecule has 0 saturated carbocycles. The van der Waals surface area contributed by atoms with Crippen LogP contribution in [0.5, 0.6) is 0 Å².